The van der Waals surface area contributed by atoms with Crippen LogP contribution in [0.15, 0.2) is 6.20 Å². The van der Waals surface area contributed by atoms with Crippen molar-refractivity contribution in [1.82, 2.24) is 9.78 Å². The topological polar surface area (TPSA) is 43.8 Å². The second-order valence-electron chi connectivity index (χ2n) is 6.40. The third-order valence-electron chi connectivity index (χ3n) is 5.34. The van der Waals surface area contributed by atoms with E-state index in [-0.39, 0.29) is 6.04 Å². The monoisotopic (exact) mass is 281 g/mol. The molecular formula is C15H24ClN3. The highest BCUT2D eigenvalue weighted by Gasteiger charge is 2.36. The number of nitrogens with two attached hydrogens (primary N) is 1. The minimum absolute atomic E-state index is 0.0443. The molecule has 2 N–H and O–H groups in total. The van der Waals surface area contributed by atoms with Gasteiger partial charge in [0, 0.05) is 7.05 Å². The van der Waals surface area contributed by atoms with Crippen molar-refractivity contribution in [3.8, 4) is 0 Å². The number of aryl methyl sites for hydroxylation is 1. The van der Waals surface area contributed by atoms with Crippen LogP contribution >= 0.6 is 11.6 Å². The van der Waals surface area contributed by atoms with Gasteiger partial charge in [-0.25, -0.2) is 0 Å². The standard InChI is InChI=1S/C15H24ClN3/c1-19-15(13(16)9-18-19)14(17)12-7-6-10-4-2-3-5-11(10)8-12/h9-12,14H,2-8,17H2,1H3. The van der Waals surface area contributed by atoms with Gasteiger partial charge in [-0.2, -0.15) is 5.10 Å². The smallest absolute Gasteiger partial charge is 0.0834 e. The van der Waals surface area contributed by atoms with Crippen molar-refractivity contribution in [2.75, 3.05) is 0 Å². The van der Waals surface area contributed by atoms with Gasteiger partial charge in [0.25, 0.3) is 0 Å². The Morgan fingerprint density at radius 2 is 2.00 bits per heavy atom. The highest BCUT2D eigenvalue weighted by molar-refractivity contribution is 6.31. The van der Waals surface area contributed by atoms with E-state index in [9.17, 15) is 0 Å². The van der Waals surface area contributed by atoms with E-state index in [1.54, 1.807) is 6.20 Å². The van der Waals surface area contributed by atoms with Gasteiger partial charge in [0.15, 0.2) is 0 Å². The van der Waals surface area contributed by atoms with Crippen LogP contribution in [0.5, 0.6) is 0 Å². The molecule has 4 unspecified atom stereocenters. The average Bonchev–Trinajstić information content (AvgIpc) is 2.77. The van der Waals surface area contributed by atoms with Crippen molar-refractivity contribution in [3.63, 3.8) is 0 Å². The van der Waals surface area contributed by atoms with Crippen molar-refractivity contribution < 1.29 is 0 Å². The lowest BCUT2D eigenvalue weighted by Gasteiger charge is -2.41. The summed E-state index contributed by atoms with van der Waals surface area (Å²) in [4.78, 5) is 0. The Labute approximate surface area is 120 Å². The molecule has 2 fully saturated rings. The Balaban J connectivity index is 1.72. The fourth-order valence-electron chi connectivity index (χ4n) is 4.25. The summed E-state index contributed by atoms with van der Waals surface area (Å²) in [6, 6.07) is 0.0443. The third-order valence-corrected chi connectivity index (χ3v) is 5.63. The summed E-state index contributed by atoms with van der Waals surface area (Å²) in [6.07, 6.45) is 11.3. The first-order valence-corrected chi connectivity index (χ1v) is 7.97. The molecule has 1 aromatic heterocycles. The van der Waals surface area contributed by atoms with Gasteiger partial charge in [-0.05, 0) is 37.0 Å². The van der Waals surface area contributed by atoms with Gasteiger partial charge < -0.3 is 5.73 Å². The van der Waals surface area contributed by atoms with Gasteiger partial charge in [0.05, 0.1) is 23.0 Å². The Bertz CT molecular complexity index is 423. The molecule has 0 spiro atoms. The lowest BCUT2D eigenvalue weighted by atomic mass is 9.66. The molecule has 0 bridgehead atoms. The molecule has 2 saturated carbocycles. The lowest BCUT2D eigenvalue weighted by molar-refractivity contribution is 0.116. The first-order valence-electron chi connectivity index (χ1n) is 7.59. The first kappa shape index (κ1) is 13.4. The molecular weight excluding hydrogens is 258 g/mol. The van der Waals surface area contributed by atoms with Crippen LogP contribution in [0.1, 0.15) is 56.7 Å². The normalized spacial score (nSPS) is 32.9. The number of halogens is 1. The van der Waals surface area contributed by atoms with Crippen LogP contribution < -0.4 is 5.73 Å². The molecule has 1 aromatic rings. The number of fused-ring (bicyclic) bond motifs is 1. The Morgan fingerprint density at radius 1 is 1.26 bits per heavy atom. The van der Waals surface area contributed by atoms with Crippen LogP contribution in [0.2, 0.25) is 5.02 Å². The molecule has 4 atom stereocenters. The van der Waals surface area contributed by atoms with E-state index in [1.165, 1.54) is 44.9 Å². The van der Waals surface area contributed by atoms with E-state index < -0.39 is 0 Å². The zero-order chi connectivity index (χ0) is 13.4. The first-order chi connectivity index (χ1) is 9.16. The summed E-state index contributed by atoms with van der Waals surface area (Å²) in [7, 11) is 1.94. The maximum Gasteiger partial charge on any atom is 0.0834 e. The van der Waals surface area contributed by atoms with Gasteiger partial charge in [0.1, 0.15) is 0 Å². The van der Waals surface area contributed by atoms with Crippen LogP contribution in [0.3, 0.4) is 0 Å². The van der Waals surface area contributed by atoms with Crippen molar-refractivity contribution >= 4 is 11.6 Å². The van der Waals surface area contributed by atoms with E-state index in [2.05, 4.69) is 5.10 Å². The van der Waals surface area contributed by atoms with Crippen LogP contribution in [0, 0.1) is 17.8 Å². The van der Waals surface area contributed by atoms with Crippen molar-refractivity contribution in [2.24, 2.45) is 30.5 Å². The molecule has 0 aromatic carbocycles. The van der Waals surface area contributed by atoms with Crippen molar-refractivity contribution in [1.29, 1.82) is 0 Å². The fraction of sp³-hybridized carbons (Fsp3) is 0.800. The highest BCUT2D eigenvalue weighted by atomic mass is 35.5. The van der Waals surface area contributed by atoms with Crippen LogP contribution in [-0.2, 0) is 7.05 Å². The largest absolute Gasteiger partial charge is 0.322 e. The molecule has 106 valence electrons. The van der Waals surface area contributed by atoms with E-state index in [0.717, 1.165) is 22.6 Å². The number of aromatic nitrogens is 2. The van der Waals surface area contributed by atoms with E-state index in [1.807, 2.05) is 11.7 Å². The summed E-state index contributed by atoms with van der Waals surface area (Å²) in [6.45, 7) is 0. The van der Waals surface area contributed by atoms with Crippen molar-refractivity contribution in [3.05, 3.63) is 16.9 Å². The summed E-state index contributed by atoms with van der Waals surface area (Å²) < 4.78 is 1.85. The summed E-state index contributed by atoms with van der Waals surface area (Å²) in [5, 5.41) is 4.94. The number of hydrogen-bond donors (Lipinski definition) is 1. The Morgan fingerprint density at radius 3 is 2.68 bits per heavy atom. The molecule has 0 saturated heterocycles. The van der Waals surface area contributed by atoms with Crippen molar-refractivity contribution in [2.45, 2.75) is 51.0 Å². The summed E-state index contributed by atoms with van der Waals surface area (Å²) in [5.41, 5.74) is 7.51. The fourth-order valence-corrected chi connectivity index (χ4v) is 4.55. The molecule has 0 amide bonds. The summed E-state index contributed by atoms with van der Waals surface area (Å²) >= 11 is 6.23. The predicted molar refractivity (Wildman–Crippen MR) is 77.9 cm³/mol. The van der Waals surface area contributed by atoms with E-state index in [0.29, 0.717) is 5.92 Å². The second kappa shape index (κ2) is 5.45. The minimum Gasteiger partial charge on any atom is -0.322 e. The summed E-state index contributed by atoms with van der Waals surface area (Å²) in [5.74, 6) is 2.46. The number of nitrogens with zero attached hydrogens (tertiary/aromatic N) is 2. The molecule has 19 heavy (non-hydrogen) atoms. The van der Waals surface area contributed by atoms with Crippen LogP contribution in [-0.4, -0.2) is 9.78 Å². The zero-order valence-corrected chi connectivity index (χ0v) is 12.4. The lowest BCUT2D eigenvalue weighted by Crippen LogP contribution is -2.34. The molecule has 0 aliphatic heterocycles. The molecule has 2 aliphatic carbocycles. The number of rotatable bonds is 2. The highest BCUT2D eigenvalue weighted by Crippen LogP contribution is 2.46. The molecule has 3 nitrogen and oxygen atoms in total. The molecule has 1 heterocycles. The maximum atomic E-state index is 6.49. The quantitative estimate of drug-likeness (QED) is 0.899. The average molecular weight is 282 g/mol. The molecule has 0 radical (unpaired) electrons. The van der Waals surface area contributed by atoms with Crippen LogP contribution in [0.25, 0.3) is 0 Å². The Hall–Kier alpha value is -0.540. The van der Waals surface area contributed by atoms with E-state index >= 15 is 0 Å². The van der Waals surface area contributed by atoms with Gasteiger partial charge in [-0.15, -0.1) is 0 Å². The predicted octanol–water partition coefficient (Wildman–Crippen LogP) is 3.68. The maximum absolute atomic E-state index is 6.49. The zero-order valence-electron chi connectivity index (χ0n) is 11.7. The minimum atomic E-state index is 0.0443. The van der Waals surface area contributed by atoms with Gasteiger partial charge >= 0.3 is 0 Å². The van der Waals surface area contributed by atoms with Gasteiger partial charge in [0.2, 0.25) is 0 Å². The molecule has 2 aliphatic rings. The van der Waals surface area contributed by atoms with Crippen LogP contribution in [0.4, 0.5) is 0 Å². The molecule has 3 rings (SSSR count). The third kappa shape index (κ3) is 2.55. The second-order valence-corrected chi connectivity index (χ2v) is 6.81. The SMILES string of the molecule is Cn1ncc(Cl)c1C(N)C1CCC2CCCCC2C1. The van der Waals surface area contributed by atoms with E-state index in [4.69, 9.17) is 17.3 Å². The van der Waals surface area contributed by atoms with Gasteiger partial charge in [-0.3, -0.25) is 4.68 Å². The van der Waals surface area contributed by atoms with Gasteiger partial charge in [-0.1, -0.05) is 37.3 Å². The Kier molecular flexibility index (Phi) is 3.86. The number of hydrogen-bond acceptors (Lipinski definition) is 2. The molecule has 4 heteroatoms.